The minimum Gasteiger partial charge on any atom is -0.476 e. The van der Waals surface area contributed by atoms with Crippen LogP contribution in [0.5, 0.6) is 5.88 Å². The molecule has 3 heterocycles. The molecule has 1 saturated heterocycles. The first-order valence-electron chi connectivity index (χ1n) is 10.0. The SMILES string of the molecule is Cc1nc(Nc2ncc(-c3ccccc3)s2)cc(OCCNC(=O)[C@@H]2COCCN2)n1. The first-order chi connectivity index (χ1) is 15.2. The number of thiazole rings is 1. The highest BCUT2D eigenvalue weighted by Gasteiger charge is 2.20. The highest BCUT2D eigenvalue weighted by molar-refractivity contribution is 7.18. The molecule has 1 fully saturated rings. The summed E-state index contributed by atoms with van der Waals surface area (Å²) in [4.78, 5) is 26.3. The molecule has 9 nitrogen and oxygen atoms in total. The molecule has 1 aliphatic rings. The van der Waals surface area contributed by atoms with E-state index in [9.17, 15) is 4.79 Å². The predicted molar refractivity (Wildman–Crippen MR) is 119 cm³/mol. The summed E-state index contributed by atoms with van der Waals surface area (Å²) in [6.07, 6.45) is 1.84. The predicted octanol–water partition coefficient (Wildman–Crippen LogP) is 2.14. The summed E-state index contributed by atoms with van der Waals surface area (Å²) in [7, 11) is 0. The fourth-order valence-electron chi connectivity index (χ4n) is 3.04. The first-order valence-corrected chi connectivity index (χ1v) is 10.8. The van der Waals surface area contributed by atoms with E-state index in [-0.39, 0.29) is 11.9 Å². The van der Waals surface area contributed by atoms with Crippen LogP contribution >= 0.6 is 11.3 Å². The monoisotopic (exact) mass is 440 g/mol. The smallest absolute Gasteiger partial charge is 0.239 e. The van der Waals surface area contributed by atoms with E-state index in [2.05, 4.69) is 30.9 Å². The molecule has 0 bridgehead atoms. The van der Waals surface area contributed by atoms with Gasteiger partial charge < -0.3 is 25.4 Å². The zero-order chi connectivity index (χ0) is 21.5. The number of aromatic nitrogens is 3. The number of amides is 1. The van der Waals surface area contributed by atoms with Crippen molar-refractivity contribution in [3.8, 4) is 16.3 Å². The number of benzene rings is 1. The Labute approximate surface area is 184 Å². The summed E-state index contributed by atoms with van der Waals surface area (Å²) in [5, 5.41) is 9.90. The molecule has 1 atom stereocenters. The molecule has 0 radical (unpaired) electrons. The molecule has 1 aromatic carbocycles. The zero-order valence-corrected chi connectivity index (χ0v) is 17.9. The van der Waals surface area contributed by atoms with Crippen LogP contribution in [0.3, 0.4) is 0 Å². The zero-order valence-electron chi connectivity index (χ0n) is 17.1. The maximum atomic E-state index is 12.1. The van der Waals surface area contributed by atoms with Crippen molar-refractivity contribution in [2.24, 2.45) is 0 Å². The number of aryl methyl sites for hydroxylation is 1. The minimum absolute atomic E-state index is 0.0949. The lowest BCUT2D eigenvalue weighted by Gasteiger charge is -2.22. The Kier molecular flexibility index (Phi) is 7.03. The van der Waals surface area contributed by atoms with E-state index in [1.807, 2.05) is 36.5 Å². The summed E-state index contributed by atoms with van der Waals surface area (Å²) in [6.45, 7) is 4.16. The Hall–Kier alpha value is -3.08. The van der Waals surface area contributed by atoms with Crippen LogP contribution in [0.2, 0.25) is 0 Å². The lowest BCUT2D eigenvalue weighted by atomic mass is 10.2. The second kappa shape index (κ2) is 10.3. The molecule has 0 saturated carbocycles. The molecule has 162 valence electrons. The average molecular weight is 441 g/mol. The largest absolute Gasteiger partial charge is 0.476 e. The number of carbonyl (C=O) groups is 1. The molecule has 0 spiro atoms. The molecule has 31 heavy (non-hydrogen) atoms. The van der Waals surface area contributed by atoms with Crippen molar-refractivity contribution in [2.75, 3.05) is 38.2 Å². The van der Waals surface area contributed by atoms with Crippen LogP contribution in [-0.2, 0) is 9.53 Å². The number of hydrogen-bond donors (Lipinski definition) is 3. The van der Waals surface area contributed by atoms with E-state index in [1.165, 1.54) is 0 Å². The van der Waals surface area contributed by atoms with Crippen LogP contribution in [-0.4, -0.2) is 59.8 Å². The molecule has 4 rings (SSSR count). The Morgan fingerprint density at radius 3 is 3.00 bits per heavy atom. The fraction of sp³-hybridized carbons (Fsp3) is 0.333. The minimum atomic E-state index is -0.315. The molecule has 1 amide bonds. The van der Waals surface area contributed by atoms with Gasteiger partial charge >= 0.3 is 0 Å². The average Bonchev–Trinajstić information content (AvgIpc) is 3.26. The Morgan fingerprint density at radius 1 is 1.32 bits per heavy atom. The fourth-order valence-corrected chi connectivity index (χ4v) is 3.87. The quantitative estimate of drug-likeness (QED) is 0.457. The second-order valence-corrected chi connectivity index (χ2v) is 7.91. The second-order valence-electron chi connectivity index (χ2n) is 6.88. The number of carbonyl (C=O) groups excluding carboxylic acids is 1. The van der Waals surface area contributed by atoms with Crippen LogP contribution in [0.4, 0.5) is 10.9 Å². The van der Waals surface area contributed by atoms with E-state index < -0.39 is 0 Å². The number of nitrogens with one attached hydrogen (secondary N) is 3. The van der Waals surface area contributed by atoms with Gasteiger partial charge in [0.15, 0.2) is 5.13 Å². The Morgan fingerprint density at radius 2 is 2.19 bits per heavy atom. The summed E-state index contributed by atoms with van der Waals surface area (Å²) < 4.78 is 11.0. The van der Waals surface area contributed by atoms with Crippen molar-refractivity contribution in [1.29, 1.82) is 0 Å². The van der Waals surface area contributed by atoms with Gasteiger partial charge in [0.05, 0.1) is 24.6 Å². The van der Waals surface area contributed by atoms with Crippen LogP contribution in [0.15, 0.2) is 42.6 Å². The van der Waals surface area contributed by atoms with Crippen LogP contribution in [0, 0.1) is 6.92 Å². The lowest BCUT2D eigenvalue weighted by molar-refractivity contribution is -0.126. The van der Waals surface area contributed by atoms with Crippen molar-refractivity contribution in [1.82, 2.24) is 25.6 Å². The van der Waals surface area contributed by atoms with Gasteiger partial charge in [-0.05, 0) is 12.5 Å². The summed E-state index contributed by atoms with van der Waals surface area (Å²) in [5.74, 6) is 1.52. The Balaban J connectivity index is 1.30. The van der Waals surface area contributed by atoms with Crippen molar-refractivity contribution >= 4 is 28.2 Å². The van der Waals surface area contributed by atoms with Gasteiger partial charge in [-0.1, -0.05) is 41.7 Å². The topological polar surface area (TPSA) is 110 Å². The van der Waals surface area contributed by atoms with Crippen molar-refractivity contribution in [3.05, 3.63) is 48.4 Å². The summed E-state index contributed by atoms with van der Waals surface area (Å²) in [5.41, 5.74) is 1.12. The lowest BCUT2D eigenvalue weighted by Crippen LogP contribution is -2.51. The van der Waals surface area contributed by atoms with Crippen molar-refractivity contribution in [2.45, 2.75) is 13.0 Å². The van der Waals surface area contributed by atoms with E-state index >= 15 is 0 Å². The molecular formula is C21H24N6O3S. The molecule has 3 aromatic rings. The molecule has 1 aliphatic heterocycles. The molecular weight excluding hydrogens is 416 g/mol. The van der Waals surface area contributed by atoms with E-state index in [0.717, 1.165) is 15.6 Å². The van der Waals surface area contributed by atoms with Gasteiger partial charge in [0, 0.05) is 18.8 Å². The molecule has 0 unspecified atom stereocenters. The third-order valence-corrected chi connectivity index (χ3v) is 5.46. The standard InChI is InChI=1S/C21H24N6O3S/c1-14-25-18(27-21-24-12-17(31-21)15-5-3-2-4-6-15)11-19(26-14)30-10-8-23-20(28)16-13-29-9-7-22-16/h2-6,11-12,16,22H,7-10,13H2,1H3,(H,23,28)(H,24,25,26,27)/t16-/m0/s1. The molecule has 2 aromatic heterocycles. The number of hydrogen-bond acceptors (Lipinski definition) is 9. The van der Waals surface area contributed by atoms with Gasteiger partial charge in [-0.3, -0.25) is 4.79 Å². The van der Waals surface area contributed by atoms with Crippen molar-refractivity contribution in [3.63, 3.8) is 0 Å². The Bertz CT molecular complexity index is 1010. The summed E-state index contributed by atoms with van der Waals surface area (Å²) >= 11 is 1.54. The van der Waals surface area contributed by atoms with Crippen LogP contribution in [0.25, 0.3) is 10.4 Å². The summed E-state index contributed by atoms with van der Waals surface area (Å²) in [6, 6.07) is 11.5. The first kappa shape index (κ1) is 21.2. The molecule has 3 N–H and O–H groups in total. The van der Waals surface area contributed by atoms with Gasteiger partial charge in [-0.2, -0.15) is 4.98 Å². The third kappa shape index (κ3) is 5.97. The number of nitrogens with zero attached hydrogens (tertiary/aromatic N) is 3. The van der Waals surface area contributed by atoms with Crippen LogP contribution in [0.1, 0.15) is 5.82 Å². The molecule has 0 aliphatic carbocycles. The van der Waals surface area contributed by atoms with Crippen LogP contribution < -0.4 is 20.7 Å². The highest BCUT2D eigenvalue weighted by atomic mass is 32.1. The third-order valence-electron chi connectivity index (χ3n) is 4.50. The van der Waals surface area contributed by atoms with E-state index in [4.69, 9.17) is 9.47 Å². The van der Waals surface area contributed by atoms with Gasteiger partial charge in [0.1, 0.15) is 24.3 Å². The van der Waals surface area contributed by atoms with Gasteiger partial charge in [0.2, 0.25) is 11.8 Å². The van der Waals surface area contributed by atoms with E-state index in [1.54, 1.807) is 24.3 Å². The maximum Gasteiger partial charge on any atom is 0.239 e. The normalized spacial score (nSPS) is 16.0. The van der Waals surface area contributed by atoms with Crippen molar-refractivity contribution < 1.29 is 14.3 Å². The number of ether oxygens (including phenoxy) is 2. The number of rotatable bonds is 8. The maximum absolute atomic E-state index is 12.1. The van der Waals surface area contributed by atoms with Gasteiger partial charge in [-0.25, -0.2) is 9.97 Å². The molecule has 10 heteroatoms. The number of morpholine rings is 1. The van der Waals surface area contributed by atoms with Gasteiger partial charge in [0.25, 0.3) is 0 Å². The number of anilines is 2. The van der Waals surface area contributed by atoms with Gasteiger partial charge in [-0.15, -0.1) is 0 Å². The van der Waals surface area contributed by atoms with E-state index in [0.29, 0.717) is 50.4 Å². The highest BCUT2D eigenvalue weighted by Crippen LogP contribution is 2.30.